The van der Waals surface area contributed by atoms with Crippen LogP contribution in [0.4, 0.5) is 0 Å². The van der Waals surface area contributed by atoms with Crippen LogP contribution in [0, 0.1) is 0 Å². The number of carbonyl (C=O) groups is 1. The van der Waals surface area contributed by atoms with Gasteiger partial charge < -0.3 is 4.74 Å². The third-order valence-corrected chi connectivity index (χ3v) is 2.46. The fourth-order valence-corrected chi connectivity index (χ4v) is 1.68. The number of hydrogen-bond acceptors (Lipinski definition) is 2. The van der Waals surface area contributed by atoms with E-state index < -0.39 is 0 Å². The fraction of sp³-hybridized carbons (Fsp3) is 0.917. The Morgan fingerprint density at radius 1 is 1.14 bits per heavy atom. The molecule has 1 rings (SSSR count). The summed E-state index contributed by atoms with van der Waals surface area (Å²) in [6.07, 6.45) is 5.50. The lowest BCUT2D eigenvalue weighted by atomic mass is 9.99. The SMILES string of the molecule is CC.CC.CCC1(OC=O)CCCC1. The number of rotatable bonds is 3. The van der Waals surface area contributed by atoms with Crippen LogP contribution in [-0.4, -0.2) is 12.1 Å². The normalized spacial score (nSPS) is 16.9. The van der Waals surface area contributed by atoms with Crippen molar-refractivity contribution >= 4 is 6.47 Å². The Kier molecular flexibility index (Phi) is 12.0. The van der Waals surface area contributed by atoms with Gasteiger partial charge in [-0.3, -0.25) is 4.79 Å². The highest BCUT2D eigenvalue weighted by Crippen LogP contribution is 2.35. The molecule has 1 aliphatic rings. The maximum Gasteiger partial charge on any atom is 0.293 e. The lowest BCUT2D eigenvalue weighted by molar-refractivity contribution is -0.143. The minimum atomic E-state index is -0.0816. The summed E-state index contributed by atoms with van der Waals surface area (Å²) in [5.74, 6) is 0. The molecule has 0 amide bonds. The molecular weight excluding hydrogens is 176 g/mol. The van der Waals surface area contributed by atoms with E-state index in [4.69, 9.17) is 4.74 Å². The van der Waals surface area contributed by atoms with E-state index in [0.717, 1.165) is 19.3 Å². The molecule has 0 saturated heterocycles. The van der Waals surface area contributed by atoms with Crippen LogP contribution in [0.3, 0.4) is 0 Å². The molecule has 0 heterocycles. The zero-order valence-corrected chi connectivity index (χ0v) is 10.4. The molecule has 1 fully saturated rings. The molecule has 1 aliphatic carbocycles. The fourth-order valence-electron chi connectivity index (χ4n) is 1.68. The van der Waals surface area contributed by atoms with Gasteiger partial charge in [-0.25, -0.2) is 0 Å². The van der Waals surface area contributed by atoms with Crippen LogP contribution < -0.4 is 0 Å². The highest BCUT2D eigenvalue weighted by atomic mass is 16.5. The molecule has 14 heavy (non-hydrogen) atoms. The Balaban J connectivity index is 0. The van der Waals surface area contributed by atoms with E-state index in [9.17, 15) is 4.79 Å². The Morgan fingerprint density at radius 3 is 1.86 bits per heavy atom. The Hall–Kier alpha value is -0.530. The third kappa shape index (κ3) is 5.25. The molecule has 1 saturated carbocycles. The minimum Gasteiger partial charge on any atom is -0.461 e. The van der Waals surface area contributed by atoms with E-state index in [1.54, 1.807) is 0 Å². The van der Waals surface area contributed by atoms with E-state index in [1.165, 1.54) is 12.8 Å². The Morgan fingerprint density at radius 2 is 1.57 bits per heavy atom. The standard InChI is InChI=1S/C8H14O2.2C2H6/c1-2-8(10-7-9)5-3-4-6-8;2*1-2/h7H,2-6H2,1H3;2*1-2H3. The van der Waals surface area contributed by atoms with Crippen molar-refractivity contribution in [3.05, 3.63) is 0 Å². The van der Waals surface area contributed by atoms with Crippen LogP contribution in [0.1, 0.15) is 66.7 Å². The highest BCUT2D eigenvalue weighted by Gasteiger charge is 2.33. The van der Waals surface area contributed by atoms with E-state index in [2.05, 4.69) is 6.92 Å². The summed E-state index contributed by atoms with van der Waals surface area (Å²) >= 11 is 0. The molecule has 0 unspecified atom stereocenters. The van der Waals surface area contributed by atoms with Gasteiger partial charge in [-0.2, -0.15) is 0 Å². The van der Waals surface area contributed by atoms with Gasteiger partial charge in [0.2, 0.25) is 0 Å². The number of carbonyl (C=O) groups excluding carboxylic acids is 1. The van der Waals surface area contributed by atoms with Crippen molar-refractivity contribution < 1.29 is 9.53 Å². The van der Waals surface area contributed by atoms with Crippen LogP contribution in [0.25, 0.3) is 0 Å². The molecular formula is C12H26O2. The van der Waals surface area contributed by atoms with E-state index >= 15 is 0 Å². The van der Waals surface area contributed by atoms with Crippen molar-refractivity contribution in [2.75, 3.05) is 0 Å². The van der Waals surface area contributed by atoms with Crippen LogP contribution in [0.5, 0.6) is 0 Å². The summed E-state index contributed by atoms with van der Waals surface area (Å²) < 4.78 is 5.06. The molecule has 0 aromatic carbocycles. The second kappa shape index (κ2) is 10.6. The van der Waals surface area contributed by atoms with Crippen molar-refractivity contribution in [1.29, 1.82) is 0 Å². The molecule has 0 radical (unpaired) electrons. The first-order valence-corrected chi connectivity index (χ1v) is 5.94. The summed E-state index contributed by atoms with van der Waals surface area (Å²) in [6, 6.07) is 0. The quantitative estimate of drug-likeness (QED) is 0.648. The second-order valence-electron chi connectivity index (χ2n) is 2.96. The topological polar surface area (TPSA) is 26.3 Å². The van der Waals surface area contributed by atoms with E-state index in [-0.39, 0.29) is 5.60 Å². The Labute approximate surface area is 89.0 Å². The summed E-state index contributed by atoms with van der Waals surface area (Å²) in [6.45, 7) is 10.7. The molecule has 0 aromatic rings. The molecule has 0 N–H and O–H groups in total. The largest absolute Gasteiger partial charge is 0.461 e. The molecule has 0 aromatic heterocycles. The second-order valence-corrected chi connectivity index (χ2v) is 2.96. The van der Waals surface area contributed by atoms with Gasteiger partial charge in [-0.1, -0.05) is 34.6 Å². The summed E-state index contributed by atoms with van der Waals surface area (Å²) in [7, 11) is 0. The summed E-state index contributed by atoms with van der Waals surface area (Å²) in [4.78, 5) is 10.1. The summed E-state index contributed by atoms with van der Waals surface area (Å²) in [5, 5.41) is 0. The smallest absolute Gasteiger partial charge is 0.293 e. The van der Waals surface area contributed by atoms with Crippen LogP contribution >= 0.6 is 0 Å². The monoisotopic (exact) mass is 202 g/mol. The van der Waals surface area contributed by atoms with Gasteiger partial charge in [0.1, 0.15) is 5.60 Å². The average molecular weight is 202 g/mol. The molecule has 0 bridgehead atoms. The molecule has 86 valence electrons. The zero-order chi connectivity index (χ0) is 11.4. The molecule has 0 atom stereocenters. The van der Waals surface area contributed by atoms with Gasteiger partial charge in [0.25, 0.3) is 6.47 Å². The van der Waals surface area contributed by atoms with Crippen molar-refractivity contribution in [3.8, 4) is 0 Å². The van der Waals surface area contributed by atoms with Gasteiger partial charge in [0, 0.05) is 0 Å². The van der Waals surface area contributed by atoms with Crippen molar-refractivity contribution in [3.63, 3.8) is 0 Å². The molecule has 2 nitrogen and oxygen atoms in total. The predicted octanol–water partition coefficient (Wildman–Crippen LogP) is 3.93. The minimum absolute atomic E-state index is 0.0816. The lowest BCUT2D eigenvalue weighted by Gasteiger charge is -2.24. The van der Waals surface area contributed by atoms with Crippen LogP contribution in [-0.2, 0) is 9.53 Å². The number of hydrogen-bond donors (Lipinski definition) is 0. The third-order valence-electron chi connectivity index (χ3n) is 2.46. The molecule has 0 spiro atoms. The van der Waals surface area contributed by atoms with Gasteiger partial charge in [0.05, 0.1) is 0 Å². The van der Waals surface area contributed by atoms with Crippen molar-refractivity contribution in [1.82, 2.24) is 0 Å². The van der Waals surface area contributed by atoms with Crippen LogP contribution in [0.2, 0.25) is 0 Å². The lowest BCUT2D eigenvalue weighted by Crippen LogP contribution is -2.26. The van der Waals surface area contributed by atoms with Gasteiger partial charge in [0.15, 0.2) is 0 Å². The van der Waals surface area contributed by atoms with Gasteiger partial charge in [-0.05, 0) is 32.1 Å². The van der Waals surface area contributed by atoms with E-state index in [0.29, 0.717) is 6.47 Å². The first-order valence-electron chi connectivity index (χ1n) is 5.94. The summed E-state index contributed by atoms with van der Waals surface area (Å²) in [5.41, 5.74) is -0.0816. The predicted molar refractivity (Wildman–Crippen MR) is 61.3 cm³/mol. The van der Waals surface area contributed by atoms with Crippen molar-refractivity contribution in [2.45, 2.75) is 72.3 Å². The van der Waals surface area contributed by atoms with Crippen molar-refractivity contribution in [2.24, 2.45) is 0 Å². The zero-order valence-electron chi connectivity index (χ0n) is 10.4. The average Bonchev–Trinajstić information content (AvgIpc) is 2.74. The van der Waals surface area contributed by atoms with E-state index in [1.807, 2.05) is 27.7 Å². The first-order chi connectivity index (χ1) is 6.83. The molecule has 2 heteroatoms. The Bertz CT molecular complexity index is 115. The maximum atomic E-state index is 10.1. The highest BCUT2D eigenvalue weighted by molar-refractivity contribution is 5.38. The first kappa shape index (κ1) is 15.9. The maximum absolute atomic E-state index is 10.1. The van der Waals surface area contributed by atoms with Gasteiger partial charge >= 0.3 is 0 Å². The molecule has 0 aliphatic heterocycles. The van der Waals surface area contributed by atoms with Gasteiger partial charge in [-0.15, -0.1) is 0 Å². The number of ether oxygens (including phenoxy) is 1. The van der Waals surface area contributed by atoms with Crippen LogP contribution in [0.15, 0.2) is 0 Å².